The highest BCUT2D eigenvalue weighted by atomic mass is 16.6. The molecule has 5 heteroatoms. The van der Waals surface area contributed by atoms with Gasteiger partial charge in [-0.1, -0.05) is 54.6 Å². The van der Waals surface area contributed by atoms with E-state index in [0.717, 1.165) is 22.3 Å². The Morgan fingerprint density at radius 1 is 0.900 bits per heavy atom. The lowest BCUT2D eigenvalue weighted by Crippen LogP contribution is -2.31. The summed E-state index contributed by atoms with van der Waals surface area (Å²) in [5, 5.41) is 2.84. The number of hydrogen-bond acceptors (Lipinski definition) is 4. The van der Waals surface area contributed by atoms with Gasteiger partial charge >= 0.3 is 5.97 Å². The lowest BCUT2D eigenvalue weighted by molar-refractivity contribution is -0.155. The van der Waals surface area contributed by atoms with E-state index >= 15 is 0 Å². The van der Waals surface area contributed by atoms with E-state index < -0.39 is 18.0 Å². The fraction of sp³-hybridized carbons (Fsp3) is 0.200. The number of amides is 1. The molecule has 154 valence electrons. The minimum absolute atomic E-state index is 0.263. The first kappa shape index (κ1) is 21.1. The number of nitrogens with one attached hydrogen (secondary N) is 1. The molecule has 0 bridgehead atoms. The van der Waals surface area contributed by atoms with Gasteiger partial charge < -0.3 is 14.8 Å². The van der Waals surface area contributed by atoms with Gasteiger partial charge in [0, 0.05) is 11.3 Å². The van der Waals surface area contributed by atoms with Gasteiger partial charge in [-0.25, -0.2) is 4.79 Å². The van der Waals surface area contributed by atoms with Crippen molar-refractivity contribution in [2.24, 2.45) is 0 Å². The molecule has 0 spiro atoms. The number of rotatable bonds is 7. The summed E-state index contributed by atoms with van der Waals surface area (Å²) in [5.74, 6) is -0.422. The lowest BCUT2D eigenvalue weighted by atomic mass is 10.0. The topological polar surface area (TPSA) is 64.6 Å². The molecule has 0 saturated heterocycles. The van der Waals surface area contributed by atoms with E-state index in [0.29, 0.717) is 11.4 Å². The number of anilines is 1. The molecule has 0 unspecified atom stereocenters. The summed E-state index contributed by atoms with van der Waals surface area (Å²) >= 11 is 0. The highest BCUT2D eigenvalue weighted by Gasteiger charge is 2.19. The van der Waals surface area contributed by atoms with Crippen LogP contribution in [-0.2, 0) is 14.3 Å². The molecule has 1 amide bonds. The number of hydrogen-bond donors (Lipinski definition) is 1. The molecule has 0 heterocycles. The number of carbonyl (C=O) groups excluding carboxylic acids is 2. The molecule has 3 aromatic carbocycles. The molecule has 0 saturated carbocycles. The third-order valence-electron chi connectivity index (χ3n) is 4.78. The molecule has 1 atom stereocenters. The summed E-state index contributed by atoms with van der Waals surface area (Å²) in [4.78, 5) is 24.7. The second-order valence-corrected chi connectivity index (χ2v) is 7.07. The molecule has 3 rings (SSSR count). The summed E-state index contributed by atoms with van der Waals surface area (Å²) in [7, 11) is 0. The molecule has 1 N–H and O–H groups in total. The van der Waals surface area contributed by atoms with Crippen LogP contribution >= 0.6 is 0 Å². The van der Waals surface area contributed by atoms with Crippen molar-refractivity contribution in [1.82, 2.24) is 0 Å². The number of para-hydroxylation sites is 1. The van der Waals surface area contributed by atoms with E-state index in [9.17, 15) is 9.59 Å². The van der Waals surface area contributed by atoms with Crippen molar-refractivity contribution in [1.29, 1.82) is 0 Å². The Bertz CT molecular complexity index is 1030. The number of aryl methyl sites for hydroxylation is 2. The predicted molar refractivity (Wildman–Crippen MR) is 117 cm³/mol. The highest BCUT2D eigenvalue weighted by molar-refractivity contribution is 5.98. The van der Waals surface area contributed by atoms with Gasteiger partial charge in [-0.2, -0.15) is 0 Å². The van der Waals surface area contributed by atoms with Crippen LogP contribution in [0.1, 0.15) is 18.1 Å². The molecular weight excluding hydrogens is 378 g/mol. The quantitative estimate of drug-likeness (QED) is 0.569. The maximum absolute atomic E-state index is 12.6. The monoisotopic (exact) mass is 403 g/mol. The second-order valence-electron chi connectivity index (χ2n) is 7.07. The minimum Gasteiger partial charge on any atom is -0.482 e. The van der Waals surface area contributed by atoms with E-state index in [1.165, 1.54) is 6.92 Å². The fourth-order valence-electron chi connectivity index (χ4n) is 2.93. The summed E-state index contributed by atoms with van der Waals surface area (Å²) in [6.45, 7) is 5.25. The molecule has 30 heavy (non-hydrogen) atoms. The molecule has 0 fully saturated rings. The van der Waals surface area contributed by atoms with Crippen molar-refractivity contribution >= 4 is 17.6 Å². The number of esters is 1. The van der Waals surface area contributed by atoms with Crippen LogP contribution in [0.2, 0.25) is 0 Å². The van der Waals surface area contributed by atoms with Crippen LogP contribution in [0.25, 0.3) is 11.1 Å². The molecule has 3 aromatic rings. The van der Waals surface area contributed by atoms with Crippen molar-refractivity contribution in [3.05, 3.63) is 83.9 Å². The number of benzene rings is 3. The second kappa shape index (κ2) is 9.74. The van der Waals surface area contributed by atoms with Gasteiger partial charge in [0.2, 0.25) is 0 Å². The fourth-order valence-corrected chi connectivity index (χ4v) is 2.93. The van der Waals surface area contributed by atoms with Gasteiger partial charge in [0.1, 0.15) is 5.75 Å². The summed E-state index contributed by atoms with van der Waals surface area (Å²) in [6.07, 6.45) is -0.954. The Balaban J connectivity index is 1.57. The van der Waals surface area contributed by atoms with Crippen molar-refractivity contribution in [2.75, 3.05) is 11.9 Å². The lowest BCUT2D eigenvalue weighted by Gasteiger charge is -2.16. The molecule has 0 aliphatic heterocycles. The van der Waals surface area contributed by atoms with Crippen molar-refractivity contribution in [3.63, 3.8) is 0 Å². The first-order valence-corrected chi connectivity index (χ1v) is 9.79. The Kier molecular flexibility index (Phi) is 6.86. The van der Waals surface area contributed by atoms with Crippen LogP contribution in [0, 0.1) is 13.8 Å². The summed E-state index contributed by atoms with van der Waals surface area (Å²) < 4.78 is 10.7. The maximum Gasteiger partial charge on any atom is 0.344 e. The third kappa shape index (κ3) is 5.47. The van der Waals surface area contributed by atoms with Crippen molar-refractivity contribution < 1.29 is 19.1 Å². The van der Waals surface area contributed by atoms with E-state index in [1.54, 1.807) is 6.07 Å². The van der Waals surface area contributed by atoms with E-state index in [2.05, 4.69) is 5.32 Å². The average Bonchev–Trinajstić information content (AvgIpc) is 2.75. The van der Waals surface area contributed by atoms with Crippen molar-refractivity contribution in [3.8, 4) is 16.9 Å². The largest absolute Gasteiger partial charge is 0.482 e. The smallest absolute Gasteiger partial charge is 0.344 e. The molecule has 5 nitrogen and oxygen atoms in total. The van der Waals surface area contributed by atoms with Crippen LogP contribution in [0.15, 0.2) is 72.8 Å². The standard InChI is InChI=1S/C25H25NO4/c1-17-13-14-21(15-18(17)2)29-16-24(27)30-19(3)25(28)26-23-12-8-7-11-22(23)20-9-5-4-6-10-20/h4-15,19H,16H2,1-3H3,(H,26,28)/t19-/m0/s1. The first-order valence-electron chi connectivity index (χ1n) is 9.79. The van der Waals surface area contributed by atoms with Crippen LogP contribution in [0.4, 0.5) is 5.69 Å². The van der Waals surface area contributed by atoms with Gasteiger partial charge in [-0.3, -0.25) is 4.79 Å². The van der Waals surface area contributed by atoms with Crippen LogP contribution in [0.3, 0.4) is 0 Å². The Morgan fingerprint density at radius 2 is 1.60 bits per heavy atom. The Hall–Kier alpha value is -3.60. The van der Waals surface area contributed by atoms with Crippen molar-refractivity contribution in [2.45, 2.75) is 26.9 Å². The highest BCUT2D eigenvalue weighted by Crippen LogP contribution is 2.27. The zero-order chi connectivity index (χ0) is 21.5. The van der Waals surface area contributed by atoms with Crippen LogP contribution in [-0.4, -0.2) is 24.6 Å². The SMILES string of the molecule is Cc1ccc(OCC(=O)O[C@@H](C)C(=O)Nc2ccccc2-c2ccccc2)cc1C. The first-order chi connectivity index (χ1) is 14.4. The zero-order valence-corrected chi connectivity index (χ0v) is 17.3. The summed E-state index contributed by atoms with van der Waals surface area (Å²) in [6, 6.07) is 22.8. The van der Waals surface area contributed by atoms with Crippen LogP contribution in [0.5, 0.6) is 5.75 Å². The molecule has 0 aliphatic carbocycles. The van der Waals surface area contributed by atoms with Gasteiger partial charge in [-0.15, -0.1) is 0 Å². The molecular formula is C25H25NO4. The molecule has 0 aromatic heterocycles. The normalized spacial score (nSPS) is 11.4. The van der Waals surface area contributed by atoms with Gasteiger partial charge in [-0.05, 0) is 55.7 Å². The molecule has 0 aliphatic rings. The van der Waals surface area contributed by atoms with E-state index in [4.69, 9.17) is 9.47 Å². The van der Waals surface area contributed by atoms with Crippen LogP contribution < -0.4 is 10.1 Å². The average molecular weight is 403 g/mol. The minimum atomic E-state index is -0.954. The number of carbonyl (C=O) groups is 2. The third-order valence-corrected chi connectivity index (χ3v) is 4.78. The Labute approximate surface area is 176 Å². The predicted octanol–water partition coefficient (Wildman–Crippen LogP) is 4.92. The Morgan fingerprint density at radius 3 is 2.33 bits per heavy atom. The summed E-state index contributed by atoms with van der Waals surface area (Å²) in [5.41, 5.74) is 4.75. The van der Waals surface area contributed by atoms with E-state index in [-0.39, 0.29) is 6.61 Å². The van der Waals surface area contributed by atoms with E-state index in [1.807, 2.05) is 80.6 Å². The molecule has 0 radical (unpaired) electrons. The van der Waals surface area contributed by atoms with Gasteiger partial charge in [0.25, 0.3) is 5.91 Å². The van der Waals surface area contributed by atoms with Gasteiger partial charge in [0.15, 0.2) is 12.7 Å². The number of ether oxygens (including phenoxy) is 2. The zero-order valence-electron chi connectivity index (χ0n) is 17.3. The maximum atomic E-state index is 12.6. The van der Waals surface area contributed by atoms with Gasteiger partial charge in [0.05, 0.1) is 0 Å².